The van der Waals surface area contributed by atoms with Gasteiger partial charge in [0, 0.05) is 6.42 Å². The number of rotatable bonds is 0. The summed E-state index contributed by atoms with van der Waals surface area (Å²) >= 11 is 6.51. The van der Waals surface area contributed by atoms with Crippen molar-refractivity contribution >= 4 is 11.6 Å². The first kappa shape index (κ1) is 11.1. The van der Waals surface area contributed by atoms with E-state index < -0.39 is 5.79 Å². The highest BCUT2D eigenvalue weighted by Gasteiger charge is 2.54. The van der Waals surface area contributed by atoms with Gasteiger partial charge in [0.2, 0.25) is 5.79 Å². The van der Waals surface area contributed by atoms with Crippen LogP contribution in [0.5, 0.6) is 0 Å². The standard InChI is InChI=1S/C13H19ClO2/c1-12(2)8-15-13(16-12)7-9-5-3-4-6-10(9)11(13)14/h9H,3-8H2,1-2H3. The summed E-state index contributed by atoms with van der Waals surface area (Å²) in [5.41, 5.74) is 1.21. The van der Waals surface area contributed by atoms with E-state index in [2.05, 4.69) is 13.8 Å². The maximum absolute atomic E-state index is 6.51. The lowest BCUT2D eigenvalue weighted by Crippen LogP contribution is -2.32. The summed E-state index contributed by atoms with van der Waals surface area (Å²) in [6.45, 7) is 4.78. The summed E-state index contributed by atoms with van der Waals surface area (Å²) in [7, 11) is 0. The molecule has 0 radical (unpaired) electrons. The molecule has 2 aliphatic carbocycles. The summed E-state index contributed by atoms with van der Waals surface area (Å²) in [6, 6.07) is 0. The summed E-state index contributed by atoms with van der Waals surface area (Å²) in [4.78, 5) is 0. The molecule has 3 rings (SSSR count). The number of ether oxygens (including phenoxy) is 2. The van der Waals surface area contributed by atoms with Crippen molar-refractivity contribution in [3.8, 4) is 0 Å². The highest BCUT2D eigenvalue weighted by Crippen LogP contribution is 2.54. The van der Waals surface area contributed by atoms with Gasteiger partial charge >= 0.3 is 0 Å². The van der Waals surface area contributed by atoms with Crippen LogP contribution in [0.25, 0.3) is 0 Å². The van der Waals surface area contributed by atoms with Crippen molar-refractivity contribution in [2.24, 2.45) is 5.92 Å². The second-order valence-electron chi connectivity index (χ2n) is 5.89. The predicted molar refractivity (Wildman–Crippen MR) is 63.3 cm³/mol. The topological polar surface area (TPSA) is 18.5 Å². The van der Waals surface area contributed by atoms with E-state index >= 15 is 0 Å². The van der Waals surface area contributed by atoms with Crippen LogP contribution in [-0.4, -0.2) is 18.0 Å². The summed E-state index contributed by atoms with van der Waals surface area (Å²) in [5, 5.41) is 0.864. The van der Waals surface area contributed by atoms with E-state index in [1.54, 1.807) is 0 Å². The fourth-order valence-electron chi connectivity index (χ4n) is 3.26. The average Bonchev–Trinajstić information content (AvgIpc) is 2.68. The van der Waals surface area contributed by atoms with E-state index in [4.69, 9.17) is 21.1 Å². The third-order valence-corrected chi connectivity index (χ3v) is 4.50. The molecule has 0 bridgehead atoms. The van der Waals surface area contributed by atoms with Crippen molar-refractivity contribution < 1.29 is 9.47 Å². The average molecular weight is 243 g/mol. The minimum absolute atomic E-state index is 0.200. The van der Waals surface area contributed by atoms with Crippen LogP contribution in [0.3, 0.4) is 0 Å². The van der Waals surface area contributed by atoms with Crippen molar-refractivity contribution in [2.75, 3.05) is 6.61 Å². The fraction of sp³-hybridized carbons (Fsp3) is 0.846. The lowest BCUT2D eigenvalue weighted by Gasteiger charge is -2.26. The van der Waals surface area contributed by atoms with Crippen LogP contribution < -0.4 is 0 Å². The lowest BCUT2D eigenvalue weighted by molar-refractivity contribution is -0.151. The van der Waals surface area contributed by atoms with E-state index in [9.17, 15) is 0 Å². The summed E-state index contributed by atoms with van der Waals surface area (Å²) in [5.74, 6) is 0.0187. The van der Waals surface area contributed by atoms with Crippen LogP contribution in [0.4, 0.5) is 0 Å². The van der Waals surface area contributed by atoms with Gasteiger partial charge in [-0.05, 0) is 44.6 Å². The van der Waals surface area contributed by atoms with Gasteiger partial charge in [-0.25, -0.2) is 0 Å². The molecular weight excluding hydrogens is 224 g/mol. The maximum Gasteiger partial charge on any atom is 0.206 e. The molecule has 2 nitrogen and oxygen atoms in total. The normalized spacial score (nSPS) is 41.8. The van der Waals surface area contributed by atoms with Crippen molar-refractivity contribution in [3.05, 3.63) is 10.6 Å². The first-order valence-electron chi connectivity index (χ1n) is 6.26. The Morgan fingerprint density at radius 3 is 2.75 bits per heavy atom. The van der Waals surface area contributed by atoms with Crippen LogP contribution >= 0.6 is 11.6 Å². The Bertz CT molecular complexity index is 348. The van der Waals surface area contributed by atoms with Crippen molar-refractivity contribution in [1.29, 1.82) is 0 Å². The van der Waals surface area contributed by atoms with Gasteiger partial charge < -0.3 is 9.47 Å². The molecule has 0 N–H and O–H groups in total. The Kier molecular flexibility index (Phi) is 2.40. The van der Waals surface area contributed by atoms with Crippen LogP contribution in [0.1, 0.15) is 46.0 Å². The Balaban J connectivity index is 1.92. The van der Waals surface area contributed by atoms with Crippen LogP contribution in [0.15, 0.2) is 10.6 Å². The molecule has 1 aliphatic heterocycles. The summed E-state index contributed by atoms with van der Waals surface area (Å²) in [6.07, 6.45) is 5.91. The first-order valence-corrected chi connectivity index (χ1v) is 6.63. The van der Waals surface area contributed by atoms with Gasteiger partial charge in [0.1, 0.15) is 0 Å². The van der Waals surface area contributed by atoms with Gasteiger partial charge in [-0.15, -0.1) is 0 Å². The van der Waals surface area contributed by atoms with Crippen molar-refractivity contribution in [1.82, 2.24) is 0 Å². The predicted octanol–water partition coefficient (Wildman–Crippen LogP) is 3.59. The SMILES string of the molecule is CC1(C)COC2(CC3CCCCC3=C2Cl)O1. The first-order chi connectivity index (χ1) is 7.53. The number of hydrogen-bond acceptors (Lipinski definition) is 2. The molecule has 2 fully saturated rings. The molecule has 3 aliphatic rings. The highest BCUT2D eigenvalue weighted by molar-refractivity contribution is 6.31. The van der Waals surface area contributed by atoms with Crippen molar-refractivity contribution in [3.63, 3.8) is 0 Å². The number of halogens is 1. The van der Waals surface area contributed by atoms with E-state index in [-0.39, 0.29) is 5.60 Å². The Morgan fingerprint density at radius 1 is 1.31 bits per heavy atom. The second kappa shape index (κ2) is 3.47. The zero-order valence-corrected chi connectivity index (χ0v) is 10.8. The van der Waals surface area contributed by atoms with Crippen LogP contribution in [-0.2, 0) is 9.47 Å². The van der Waals surface area contributed by atoms with Gasteiger partial charge in [-0.2, -0.15) is 0 Å². The molecule has 2 unspecified atom stereocenters. The highest BCUT2D eigenvalue weighted by atomic mass is 35.5. The molecule has 16 heavy (non-hydrogen) atoms. The van der Waals surface area contributed by atoms with Gasteiger partial charge in [0.25, 0.3) is 0 Å². The molecule has 3 heteroatoms. The van der Waals surface area contributed by atoms with E-state index in [0.29, 0.717) is 12.5 Å². The Morgan fingerprint density at radius 2 is 2.12 bits per heavy atom. The molecule has 1 heterocycles. The van der Waals surface area contributed by atoms with E-state index in [1.165, 1.54) is 24.8 Å². The monoisotopic (exact) mass is 242 g/mol. The van der Waals surface area contributed by atoms with Gasteiger partial charge in [-0.3, -0.25) is 0 Å². The molecule has 0 aromatic carbocycles. The van der Waals surface area contributed by atoms with Gasteiger partial charge in [0.05, 0.1) is 17.2 Å². The van der Waals surface area contributed by atoms with Gasteiger partial charge in [-0.1, -0.05) is 18.0 Å². The van der Waals surface area contributed by atoms with Crippen LogP contribution in [0, 0.1) is 5.92 Å². The van der Waals surface area contributed by atoms with Gasteiger partial charge in [0.15, 0.2) is 0 Å². The molecule has 2 atom stereocenters. The molecule has 1 spiro atoms. The quantitative estimate of drug-likeness (QED) is 0.646. The fourth-order valence-corrected chi connectivity index (χ4v) is 3.68. The zero-order chi connectivity index (χ0) is 11.4. The maximum atomic E-state index is 6.51. The molecule has 0 amide bonds. The van der Waals surface area contributed by atoms with E-state index in [1.807, 2.05) is 0 Å². The van der Waals surface area contributed by atoms with Crippen LogP contribution in [0.2, 0.25) is 0 Å². The zero-order valence-electron chi connectivity index (χ0n) is 10.0. The van der Waals surface area contributed by atoms with E-state index in [0.717, 1.165) is 17.9 Å². The molecule has 1 saturated heterocycles. The molecule has 0 aromatic heterocycles. The minimum atomic E-state index is -0.588. The Labute approximate surface area is 102 Å². The second-order valence-corrected chi connectivity index (χ2v) is 6.27. The minimum Gasteiger partial charge on any atom is -0.342 e. The molecular formula is C13H19ClO2. The largest absolute Gasteiger partial charge is 0.342 e. The lowest BCUT2D eigenvalue weighted by atomic mass is 9.86. The number of hydrogen-bond donors (Lipinski definition) is 0. The number of fused-ring (bicyclic) bond motifs is 1. The summed E-state index contributed by atoms with van der Waals surface area (Å²) < 4.78 is 12.0. The van der Waals surface area contributed by atoms with Crippen molar-refractivity contribution in [2.45, 2.75) is 57.3 Å². The molecule has 0 aromatic rings. The third kappa shape index (κ3) is 1.54. The number of allylic oxidation sites excluding steroid dienone is 1. The molecule has 90 valence electrons. The molecule has 1 saturated carbocycles. The Hall–Kier alpha value is -0.0500. The smallest absolute Gasteiger partial charge is 0.206 e. The third-order valence-electron chi connectivity index (χ3n) is 3.97.